The molecule has 2 aliphatic rings. The van der Waals surface area contributed by atoms with Crippen LogP contribution in [0.2, 0.25) is 0 Å². The number of pyridine rings is 1. The summed E-state index contributed by atoms with van der Waals surface area (Å²) in [4.78, 5) is 2.46. The predicted octanol–water partition coefficient (Wildman–Crippen LogP) is 3.85. The predicted molar refractivity (Wildman–Crippen MR) is 124 cm³/mol. The zero-order valence-electron chi connectivity index (χ0n) is 19.1. The summed E-state index contributed by atoms with van der Waals surface area (Å²) in [5.74, 6) is 3.14. The summed E-state index contributed by atoms with van der Waals surface area (Å²) in [6.45, 7) is 4.88. The van der Waals surface area contributed by atoms with Gasteiger partial charge < -0.3 is 18.9 Å². The molecule has 2 aromatic carbocycles. The van der Waals surface area contributed by atoms with Crippen LogP contribution in [0, 0.1) is 0 Å². The van der Waals surface area contributed by atoms with Gasteiger partial charge in [-0.3, -0.25) is 4.90 Å². The molecule has 0 aliphatic carbocycles. The molecule has 32 heavy (non-hydrogen) atoms. The number of rotatable bonds is 7. The van der Waals surface area contributed by atoms with Gasteiger partial charge in [0.05, 0.1) is 32.3 Å². The number of likely N-dealkylation sites (tertiary alicyclic amines) is 1. The second-order valence-corrected chi connectivity index (χ2v) is 8.46. The summed E-state index contributed by atoms with van der Waals surface area (Å²) in [7, 11) is 5.08. The van der Waals surface area contributed by atoms with Crippen molar-refractivity contribution in [2.45, 2.75) is 25.8 Å². The number of hydrogen-bond donors (Lipinski definition) is 0. The number of ether oxygens (including phenoxy) is 4. The van der Waals surface area contributed by atoms with E-state index < -0.39 is 0 Å². The Balaban J connectivity index is 1.51. The minimum atomic E-state index is 0.670. The highest BCUT2D eigenvalue weighted by atomic mass is 16.5. The van der Waals surface area contributed by atoms with Gasteiger partial charge in [-0.05, 0) is 61.1 Å². The molecule has 0 unspecified atom stereocenters. The second kappa shape index (κ2) is 8.87. The molecule has 2 aliphatic heterocycles. The molecule has 1 saturated heterocycles. The number of nitrogens with zero attached hydrogens (tertiary/aromatic N) is 2. The molecule has 0 N–H and O–H groups in total. The largest absolute Gasteiger partial charge is 0.493 e. The molecule has 3 heterocycles. The van der Waals surface area contributed by atoms with Crippen LogP contribution in [0.5, 0.6) is 23.0 Å². The highest BCUT2D eigenvalue weighted by Crippen LogP contribution is 2.40. The fourth-order valence-electron chi connectivity index (χ4n) is 4.95. The maximum Gasteiger partial charge on any atom is 0.213 e. The van der Waals surface area contributed by atoms with Crippen molar-refractivity contribution in [2.24, 2.45) is 0 Å². The number of aromatic nitrogens is 1. The van der Waals surface area contributed by atoms with E-state index in [-0.39, 0.29) is 0 Å². The lowest BCUT2D eigenvalue weighted by atomic mass is 9.95. The molecule has 0 atom stereocenters. The topological polar surface area (TPSA) is 44.0 Å². The van der Waals surface area contributed by atoms with E-state index >= 15 is 0 Å². The molecule has 0 amide bonds. The molecule has 0 saturated carbocycles. The van der Waals surface area contributed by atoms with Gasteiger partial charge in [0.25, 0.3) is 0 Å². The lowest BCUT2D eigenvalue weighted by molar-refractivity contribution is -0.686. The van der Waals surface area contributed by atoms with Crippen molar-refractivity contribution in [1.82, 2.24) is 4.90 Å². The Morgan fingerprint density at radius 3 is 2.47 bits per heavy atom. The first-order valence-electron chi connectivity index (χ1n) is 11.4. The average Bonchev–Trinajstić information content (AvgIpc) is 3.35. The Hall–Kier alpha value is -2.99. The van der Waals surface area contributed by atoms with Crippen molar-refractivity contribution < 1.29 is 23.5 Å². The van der Waals surface area contributed by atoms with Gasteiger partial charge in [-0.15, -0.1) is 0 Å². The van der Waals surface area contributed by atoms with Gasteiger partial charge in [-0.1, -0.05) is 0 Å². The van der Waals surface area contributed by atoms with Crippen LogP contribution in [-0.4, -0.2) is 52.5 Å². The number of aryl methyl sites for hydroxylation is 2. The van der Waals surface area contributed by atoms with Gasteiger partial charge in [-0.25, -0.2) is 0 Å². The minimum Gasteiger partial charge on any atom is -0.493 e. The highest BCUT2D eigenvalue weighted by Gasteiger charge is 2.27. The van der Waals surface area contributed by atoms with Crippen LogP contribution in [-0.2, 0) is 13.0 Å². The Kier molecular flexibility index (Phi) is 5.79. The molecule has 168 valence electrons. The smallest absolute Gasteiger partial charge is 0.213 e. The Labute approximate surface area is 189 Å². The van der Waals surface area contributed by atoms with Crippen LogP contribution in [0.25, 0.3) is 22.0 Å². The quantitative estimate of drug-likeness (QED) is 0.528. The van der Waals surface area contributed by atoms with E-state index in [0.717, 1.165) is 53.3 Å². The van der Waals surface area contributed by atoms with Crippen molar-refractivity contribution in [3.8, 4) is 34.3 Å². The zero-order chi connectivity index (χ0) is 22.1. The third kappa shape index (κ3) is 3.73. The van der Waals surface area contributed by atoms with E-state index in [4.69, 9.17) is 18.9 Å². The van der Waals surface area contributed by atoms with E-state index in [1.807, 2.05) is 6.07 Å². The molecule has 0 radical (unpaired) electrons. The van der Waals surface area contributed by atoms with E-state index in [1.165, 1.54) is 42.8 Å². The highest BCUT2D eigenvalue weighted by molar-refractivity contribution is 5.91. The molecule has 6 nitrogen and oxygen atoms in total. The first-order valence-corrected chi connectivity index (χ1v) is 11.4. The van der Waals surface area contributed by atoms with Gasteiger partial charge in [0, 0.05) is 19.0 Å². The first-order chi connectivity index (χ1) is 15.7. The summed E-state index contributed by atoms with van der Waals surface area (Å²) >= 11 is 0. The van der Waals surface area contributed by atoms with Crippen molar-refractivity contribution in [2.75, 3.05) is 47.6 Å². The van der Waals surface area contributed by atoms with Gasteiger partial charge in [0.15, 0.2) is 35.7 Å². The average molecular weight is 436 g/mol. The van der Waals surface area contributed by atoms with Crippen LogP contribution >= 0.6 is 0 Å². The van der Waals surface area contributed by atoms with Crippen LogP contribution in [0.3, 0.4) is 0 Å². The maximum atomic E-state index is 6.21. The fraction of sp³-hybridized carbons (Fsp3) is 0.423. The monoisotopic (exact) mass is 435 g/mol. The van der Waals surface area contributed by atoms with Gasteiger partial charge in [0.1, 0.15) is 6.61 Å². The van der Waals surface area contributed by atoms with Crippen molar-refractivity contribution >= 4 is 10.8 Å². The minimum absolute atomic E-state index is 0.670. The zero-order valence-corrected chi connectivity index (χ0v) is 19.1. The van der Waals surface area contributed by atoms with Crippen LogP contribution in [0.4, 0.5) is 0 Å². The standard InChI is InChI=1S/C26H31N2O4/c1-29-23-7-6-18-14-22-20-16-25(32-13-12-27-9-4-5-10-27)24(30-2)15-19(20)8-11-28(22)17-21(18)26(23)31-3/h6-7,14-17H,4-5,8-13H2,1-3H3/q+1. The number of fused-ring (bicyclic) bond motifs is 4. The molecule has 1 aromatic heterocycles. The molecule has 1 fully saturated rings. The van der Waals surface area contributed by atoms with E-state index in [1.54, 1.807) is 21.3 Å². The lowest BCUT2D eigenvalue weighted by Crippen LogP contribution is -2.40. The summed E-state index contributed by atoms with van der Waals surface area (Å²) in [6, 6.07) is 10.6. The molecule has 3 aromatic rings. The molecular formula is C26H31N2O4+. The lowest BCUT2D eigenvalue weighted by Gasteiger charge is -2.20. The van der Waals surface area contributed by atoms with Crippen LogP contribution in [0.1, 0.15) is 18.4 Å². The number of hydrogen-bond acceptors (Lipinski definition) is 5. The molecule has 0 bridgehead atoms. The van der Waals surface area contributed by atoms with Crippen LogP contribution < -0.4 is 23.5 Å². The number of methoxy groups -OCH3 is 3. The molecule has 6 heteroatoms. The Bertz CT molecular complexity index is 1140. The first kappa shape index (κ1) is 20.9. The van der Waals surface area contributed by atoms with Crippen molar-refractivity contribution in [1.29, 1.82) is 0 Å². The molecular weight excluding hydrogens is 404 g/mol. The normalized spacial score (nSPS) is 15.3. The van der Waals surface area contributed by atoms with Crippen molar-refractivity contribution in [3.05, 3.63) is 42.1 Å². The summed E-state index contributed by atoms with van der Waals surface area (Å²) in [6.07, 6.45) is 5.70. The third-order valence-corrected chi connectivity index (χ3v) is 6.66. The van der Waals surface area contributed by atoms with Gasteiger partial charge in [0.2, 0.25) is 5.69 Å². The molecule has 0 spiro atoms. The maximum absolute atomic E-state index is 6.21. The Morgan fingerprint density at radius 1 is 0.906 bits per heavy atom. The van der Waals surface area contributed by atoms with Crippen LogP contribution in [0.15, 0.2) is 36.5 Å². The van der Waals surface area contributed by atoms with E-state index in [0.29, 0.717) is 6.61 Å². The second-order valence-electron chi connectivity index (χ2n) is 8.46. The summed E-state index contributed by atoms with van der Waals surface area (Å²) < 4.78 is 25.3. The van der Waals surface area contributed by atoms with E-state index in [2.05, 4.69) is 39.9 Å². The van der Waals surface area contributed by atoms with Crippen molar-refractivity contribution in [3.63, 3.8) is 0 Å². The Morgan fingerprint density at radius 2 is 1.72 bits per heavy atom. The molecule has 5 rings (SSSR count). The summed E-state index contributed by atoms with van der Waals surface area (Å²) in [5.41, 5.74) is 3.66. The van der Waals surface area contributed by atoms with Gasteiger partial charge >= 0.3 is 0 Å². The van der Waals surface area contributed by atoms with E-state index in [9.17, 15) is 0 Å². The third-order valence-electron chi connectivity index (χ3n) is 6.66. The SMILES string of the molecule is COc1cc2c(cc1OCCN1CCCC1)-c1cc3ccc(OC)c(OC)c3c[n+]1CC2. The summed E-state index contributed by atoms with van der Waals surface area (Å²) in [5, 5.41) is 2.17. The number of benzene rings is 2. The van der Waals surface area contributed by atoms with Gasteiger partial charge in [-0.2, -0.15) is 4.57 Å². The fourth-order valence-corrected chi connectivity index (χ4v) is 4.95.